The van der Waals surface area contributed by atoms with Crippen molar-refractivity contribution >= 4 is 132 Å². The van der Waals surface area contributed by atoms with Gasteiger partial charge in [-0.3, -0.25) is 0 Å². The van der Waals surface area contributed by atoms with Crippen LogP contribution in [0.2, 0.25) is 25.1 Å². The van der Waals surface area contributed by atoms with Gasteiger partial charge in [-0.1, -0.05) is 116 Å². The van der Waals surface area contributed by atoms with E-state index >= 15 is 0 Å². The predicted molar refractivity (Wildman–Crippen MR) is 493 cm³/mol. The molecule has 0 heterocycles. The van der Waals surface area contributed by atoms with E-state index in [1.807, 2.05) is 72.8 Å². The summed E-state index contributed by atoms with van der Waals surface area (Å²) in [6, 6.07) is 58.1. The average Bonchev–Trinajstić information content (AvgIpc) is 1.66. The van der Waals surface area contributed by atoms with Crippen molar-refractivity contribution in [2.24, 2.45) is 0 Å². The van der Waals surface area contributed by atoms with Crippen molar-refractivity contribution < 1.29 is 105 Å². The SMILES string of the molecule is CC1c2cc(O)ccc2-c2c1cc1cc(O)ccc1c2Cl.COc1ccc2c(c1)C(C)c1c-2c(Cl)c2ccc(OC)cc2c1O.COc1ccc2c(c1)C(C)c1c-2c(Cl)c2ccc(OC)cc2c1OS(=O)(=O)C(F)(F)F.COc1ccc2c(c1)C(C)c1cc3cc(OC)ccc3c(Cl)c1-2.COc1ccc2c(c1)Cc1c-2c(Cl)c2ccc(OC)cc2c1OS(=O)(=O)C(F)(F)F. The smallest absolute Gasteiger partial charge is 0.508 e. The fourth-order valence-corrected chi connectivity index (χ4v) is 20.8. The maximum Gasteiger partial charge on any atom is 0.534 e. The molecule has 0 fully saturated rings. The first-order chi connectivity index (χ1) is 61.3. The zero-order chi connectivity index (χ0) is 92.4. The molecule has 5 aliphatic rings. The third-order valence-electron chi connectivity index (χ3n) is 24.3. The van der Waals surface area contributed by atoms with Gasteiger partial charge in [-0.25, -0.2) is 0 Å². The Morgan fingerprint density at radius 3 is 1.08 bits per heavy atom. The minimum atomic E-state index is -5.93. The number of methoxy groups -OCH3 is 8. The van der Waals surface area contributed by atoms with Crippen LogP contribution in [0.1, 0.15) is 107 Å². The maximum atomic E-state index is 13.2. The Balaban J connectivity index is 0.000000119. The standard InChI is InChI=1S/C21H16ClF3O5S.C20H14ClF3O5S.C20H17ClO3.C20H17ClO2.C18H13ClO2/c1-10-15-8-11(28-2)4-6-13(15)18-17(10)20(30-31(26,27)21(23,24)25)16-9-12(29-3)5-7-14(16)19(18)22;1-27-11-3-5-13-10(7-11)8-16-17(13)18(21)14-6-4-12(28-2)9-15(14)19(16)29-30(25,26)20(22,23)24;1-10-15-8-11(23-2)4-6-13(15)18-17(10)20(22)16-9-12(24-3)5-7-14(16)19(18)21;1-11-17-10-14(23-3)5-7-16(17)19-18(11)9-12-8-13(22-2)4-6-15(12)20(19)21;1-9-15-8-12(21)3-5-14(15)17-16(9)7-10-6-11(20)2-4-13(10)18(17)19/h4-10H,1-3H3;3-7,9H,8H2,1-2H3;4-10,22H,1-3H3;4-11H,1-3H3;2-9,20-21H,1H3. The van der Waals surface area contributed by atoms with Crippen LogP contribution in [0.15, 0.2) is 194 Å². The van der Waals surface area contributed by atoms with Crippen LogP contribution >= 0.6 is 58.0 Å². The average molecular weight is 1890 g/mol. The van der Waals surface area contributed by atoms with Gasteiger partial charge in [0.05, 0.1) is 82.0 Å². The number of fused-ring (bicyclic) bond motifs is 20. The highest BCUT2D eigenvalue weighted by molar-refractivity contribution is 7.88. The van der Waals surface area contributed by atoms with E-state index in [9.17, 15) is 58.5 Å². The van der Waals surface area contributed by atoms with Gasteiger partial charge < -0.3 is 61.6 Å². The summed E-state index contributed by atoms with van der Waals surface area (Å²) >= 11 is 33.4. The van der Waals surface area contributed by atoms with Crippen molar-refractivity contribution in [1.29, 1.82) is 0 Å². The molecule has 0 aliphatic heterocycles. The van der Waals surface area contributed by atoms with Crippen LogP contribution < -0.4 is 46.3 Å². The van der Waals surface area contributed by atoms with Crippen molar-refractivity contribution in [2.75, 3.05) is 56.9 Å². The van der Waals surface area contributed by atoms with Crippen molar-refractivity contribution in [3.8, 4) is 130 Å². The topological polar surface area (TPSA) is 221 Å². The summed E-state index contributed by atoms with van der Waals surface area (Å²) in [4.78, 5) is 0. The predicted octanol–water partition coefficient (Wildman–Crippen LogP) is 27.2. The van der Waals surface area contributed by atoms with Gasteiger partial charge in [0.2, 0.25) is 0 Å². The van der Waals surface area contributed by atoms with Crippen molar-refractivity contribution in [3.05, 3.63) is 275 Å². The zero-order valence-corrected chi connectivity index (χ0v) is 75.9. The lowest BCUT2D eigenvalue weighted by molar-refractivity contribution is -0.0504. The van der Waals surface area contributed by atoms with Gasteiger partial charge in [0.15, 0.2) is 11.5 Å². The second-order valence-corrected chi connectivity index (χ2v) is 36.1. The molecule has 30 heteroatoms. The minimum Gasteiger partial charge on any atom is -0.508 e. The molecule has 0 saturated heterocycles. The highest BCUT2D eigenvalue weighted by atomic mass is 35.5. The van der Waals surface area contributed by atoms with E-state index in [2.05, 4.69) is 49.2 Å². The van der Waals surface area contributed by atoms with Crippen LogP contribution in [0.5, 0.6) is 74.7 Å². The van der Waals surface area contributed by atoms with Crippen molar-refractivity contribution in [2.45, 2.75) is 68.8 Å². The van der Waals surface area contributed by atoms with Crippen LogP contribution in [0.3, 0.4) is 0 Å². The molecule has 664 valence electrons. The van der Waals surface area contributed by atoms with E-state index < -0.39 is 48.7 Å². The molecule has 4 atom stereocenters. The lowest BCUT2D eigenvalue weighted by Crippen LogP contribution is -2.28. The number of phenolic OH excluding ortho intramolecular Hbond substituents is 3. The Kier molecular flexibility index (Phi) is 24.1. The number of ether oxygens (including phenoxy) is 8. The third kappa shape index (κ3) is 15.7. The normalized spacial score (nSPS) is 15.0. The second-order valence-electron chi connectivity index (χ2n) is 31.1. The Labute approximate surface area is 762 Å². The van der Waals surface area contributed by atoms with Crippen LogP contribution in [-0.2, 0) is 26.7 Å². The van der Waals surface area contributed by atoms with Crippen LogP contribution in [-0.4, -0.2) is 100 Å². The molecule has 20 rings (SSSR count). The zero-order valence-electron chi connectivity index (χ0n) is 70.5. The number of alkyl halides is 6. The summed E-state index contributed by atoms with van der Waals surface area (Å²) in [6.45, 7) is 8.13. The number of phenols is 3. The highest BCUT2D eigenvalue weighted by Crippen LogP contribution is 2.61. The lowest BCUT2D eigenvalue weighted by Gasteiger charge is -2.19. The van der Waals surface area contributed by atoms with E-state index in [-0.39, 0.29) is 67.4 Å². The quantitative estimate of drug-likeness (QED) is 0.0588. The Bertz CT molecular complexity index is 7440. The number of hydrogen-bond acceptors (Lipinski definition) is 17. The third-order valence-corrected chi connectivity index (χ3v) is 28.1. The van der Waals surface area contributed by atoms with E-state index in [1.54, 1.807) is 120 Å². The molecule has 0 bridgehead atoms. The van der Waals surface area contributed by atoms with Crippen LogP contribution in [0.4, 0.5) is 26.3 Å². The van der Waals surface area contributed by atoms with Crippen LogP contribution in [0, 0.1) is 0 Å². The molecule has 0 amide bonds. The van der Waals surface area contributed by atoms with Crippen molar-refractivity contribution in [1.82, 2.24) is 0 Å². The molecule has 3 N–H and O–H groups in total. The van der Waals surface area contributed by atoms with E-state index in [0.717, 1.165) is 110 Å². The summed E-state index contributed by atoms with van der Waals surface area (Å²) in [5.41, 5.74) is 6.14. The van der Waals surface area contributed by atoms with Gasteiger partial charge in [-0.15, -0.1) is 0 Å². The molecule has 5 aliphatic carbocycles. The summed E-state index contributed by atoms with van der Waals surface area (Å²) in [5, 5.41) is 39.5. The molecule has 17 nitrogen and oxygen atoms in total. The van der Waals surface area contributed by atoms with E-state index in [1.165, 1.54) is 57.3 Å². The number of aromatic hydroxyl groups is 3. The van der Waals surface area contributed by atoms with Gasteiger partial charge in [0.1, 0.15) is 63.2 Å². The summed E-state index contributed by atoms with van der Waals surface area (Å²) in [5.74, 6) is 4.87. The van der Waals surface area contributed by atoms with Crippen LogP contribution in [0.25, 0.3) is 109 Å². The molecule has 15 aromatic rings. The molecule has 0 aromatic heterocycles. The van der Waals surface area contributed by atoms with Gasteiger partial charge in [-0.05, 0) is 241 Å². The fourth-order valence-electron chi connectivity index (χ4n) is 17.9. The maximum absolute atomic E-state index is 13.2. The number of benzene rings is 15. The number of halogens is 11. The first kappa shape index (κ1) is 90.3. The molecular formula is C99H77Cl5F6O17S2. The van der Waals surface area contributed by atoms with E-state index in [0.29, 0.717) is 83.1 Å². The summed E-state index contributed by atoms with van der Waals surface area (Å²) in [7, 11) is 0.549. The highest BCUT2D eigenvalue weighted by Gasteiger charge is 2.51. The number of hydrogen-bond donors (Lipinski definition) is 3. The Hall–Kier alpha value is -12.1. The second kappa shape index (κ2) is 34.4. The van der Waals surface area contributed by atoms with E-state index in [4.69, 9.17) is 100 Å². The van der Waals surface area contributed by atoms with Gasteiger partial charge in [-0.2, -0.15) is 43.2 Å². The van der Waals surface area contributed by atoms with Gasteiger partial charge in [0.25, 0.3) is 0 Å². The lowest BCUT2D eigenvalue weighted by atomic mass is 9.95. The Morgan fingerprint density at radius 1 is 0.302 bits per heavy atom. The first-order valence-corrected chi connectivity index (χ1v) is 44.5. The molecule has 0 spiro atoms. The molecule has 4 unspecified atom stereocenters. The number of rotatable bonds is 12. The molecular weight excluding hydrogens is 1820 g/mol. The van der Waals surface area contributed by atoms with Gasteiger partial charge in [0, 0.05) is 118 Å². The van der Waals surface area contributed by atoms with Gasteiger partial charge >= 0.3 is 31.3 Å². The molecule has 129 heavy (non-hydrogen) atoms. The Morgan fingerprint density at radius 2 is 0.612 bits per heavy atom. The minimum absolute atomic E-state index is 0.0400. The fraction of sp³-hybridized carbons (Fsp3) is 0.192. The summed E-state index contributed by atoms with van der Waals surface area (Å²) < 4.78 is 178. The van der Waals surface area contributed by atoms with Crippen molar-refractivity contribution in [3.63, 3.8) is 0 Å². The molecule has 15 aromatic carbocycles. The first-order valence-electron chi connectivity index (χ1n) is 39.8. The molecule has 0 saturated carbocycles. The largest absolute Gasteiger partial charge is 0.534 e. The monoisotopic (exact) mass is 1890 g/mol. The summed E-state index contributed by atoms with van der Waals surface area (Å²) in [6.07, 6.45) is 0.122. The molecule has 0 radical (unpaired) electrons.